The van der Waals surface area contributed by atoms with Gasteiger partial charge in [-0.3, -0.25) is 19.4 Å². The van der Waals surface area contributed by atoms with E-state index in [9.17, 15) is 23.6 Å². The number of amides is 3. The van der Waals surface area contributed by atoms with Gasteiger partial charge in [0.2, 0.25) is 5.91 Å². The highest BCUT2D eigenvalue weighted by Gasteiger charge is 2.25. The zero-order valence-corrected chi connectivity index (χ0v) is 26.4. The number of ether oxygens (including phenoxy) is 1. The monoisotopic (exact) mass is 610 g/mol. The minimum Gasteiger partial charge on any atom is -0.436 e. The molecule has 0 radical (unpaired) electrons. The first-order valence-corrected chi connectivity index (χ1v) is 14.9. The van der Waals surface area contributed by atoms with E-state index in [1.165, 1.54) is 32.7 Å². The van der Waals surface area contributed by atoms with Crippen LogP contribution >= 0.6 is 0 Å². The molecule has 3 amide bonds. The number of allylic oxidation sites excluding steroid dienone is 1. The maximum atomic E-state index is 14.5. The van der Waals surface area contributed by atoms with Crippen molar-refractivity contribution in [1.29, 1.82) is 0 Å². The summed E-state index contributed by atoms with van der Waals surface area (Å²) >= 11 is 0. The molecule has 0 fully saturated rings. The molecular weight excluding hydrogens is 567 g/mol. The van der Waals surface area contributed by atoms with Gasteiger partial charge in [-0.1, -0.05) is 33.3 Å². The zero-order chi connectivity index (χ0) is 32.4. The van der Waals surface area contributed by atoms with Gasteiger partial charge in [-0.05, 0) is 55.9 Å². The number of nitrogens with zero attached hydrogens (tertiary/aromatic N) is 4. The molecule has 3 aromatic rings. The summed E-state index contributed by atoms with van der Waals surface area (Å²) in [6.45, 7) is 6.62. The third-order valence-corrected chi connectivity index (χ3v) is 6.98. The van der Waals surface area contributed by atoms with E-state index in [-0.39, 0.29) is 42.7 Å². The Hall–Kier alpha value is -4.48. The number of hydrogen-bond acceptors (Lipinski definition) is 6. The van der Waals surface area contributed by atoms with Crippen molar-refractivity contribution in [3.8, 4) is 0 Å². The van der Waals surface area contributed by atoms with Gasteiger partial charge in [0.05, 0.1) is 23.8 Å². The number of aromatic nitrogens is 3. The first-order valence-electron chi connectivity index (χ1n) is 14.9. The van der Waals surface area contributed by atoms with E-state index in [0.29, 0.717) is 35.3 Å². The molecule has 0 saturated carbocycles. The Morgan fingerprint density at radius 1 is 1.23 bits per heavy atom. The smallest absolute Gasteiger partial charge is 0.410 e. The third kappa shape index (κ3) is 9.26. The lowest BCUT2D eigenvalue weighted by atomic mass is 10.0. The van der Waals surface area contributed by atoms with Crippen LogP contribution in [0.15, 0.2) is 47.5 Å². The number of aromatic amines is 1. The molecule has 11 nitrogen and oxygen atoms in total. The van der Waals surface area contributed by atoms with Crippen molar-refractivity contribution in [2.75, 3.05) is 33.0 Å². The number of rotatable bonds is 14. The van der Waals surface area contributed by atoms with E-state index in [1.54, 1.807) is 45.5 Å². The topological polar surface area (TPSA) is 130 Å². The molecule has 3 rings (SSSR count). The fourth-order valence-corrected chi connectivity index (χ4v) is 4.52. The van der Waals surface area contributed by atoms with Gasteiger partial charge in [-0.25, -0.2) is 9.18 Å². The number of likely N-dealkylation sites (N-methyl/N-ethyl adjacent to an activating group) is 1. The van der Waals surface area contributed by atoms with Crippen LogP contribution in [0.1, 0.15) is 57.7 Å². The van der Waals surface area contributed by atoms with Gasteiger partial charge in [0.1, 0.15) is 11.5 Å². The van der Waals surface area contributed by atoms with E-state index in [1.807, 2.05) is 20.8 Å². The fourth-order valence-electron chi connectivity index (χ4n) is 4.52. The summed E-state index contributed by atoms with van der Waals surface area (Å²) in [6, 6.07) is 4.87. The Morgan fingerprint density at radius 3 is 2.66 bits per heavy atom. The molecule has 0 aliphatic rings. The molecule has 0 spiro atoms. The molecule has 0 aromatic carbocycles. The SMILES string of the molecule is CCCCN(C)C(=O)O[C@@H](CC/C=C/C(=O)N(C)C)C(=O)Nc1cccn(Cc2cc3ncc(F)c(CC(C)C)c3[nH]2)c1=O. The largest absolute Gasteiger partial charge is 0.436 e. The minimum atomic E-state index is -1.20. The molecule has 3 heterocycles. The number of carbonyl (C=O) groups excluding carboxylic acids is 3. The van der Waals surface area contributed by atoms with Crippen LogP contribution in [0.2, 0.25) is 0 Å². The molecule has 44 heavy (non-hydrogen) atoms. The van der Waals surface area contributed by atoms with Crippen molar-refractivity contribution in [2.24, 2.45) is 5.92 Å². The Bertz CT molecular complexity index is 1540. The second kappa shape index (κ2) is 15.8. The second-order valence-electron chi connectivity index (χ2n) is 11.4. The number of fused-ring (bicyclic) bond motifs is 1. The average molecular weight is 611 g/mol. The summed E-state index contributed by atoms with van der Waals surface area (Å²) in [7, 11) is 4.85. The van der Waals surface area contributed by atoms with Crippen LogP contribution in [0.5, 0.6) is 0 Å². The first-order chi connectivity index (χ1) is 20.9. The normalized spacial score (nSPS) is 12.1. The summed E-state index contributed by atoms with van der Waals surface area (Å²) in [4.78, 5) is 61.4. The summed E-state index contributed by atoms with van der Waals surface area (Å²) in [5.41, 5.74) is 1.94. The fraction of sp³-hybridized carbons (Fsp3) is 0.469. The van der Waals surface area contributed by atoms with Gasteiger partial charge in [-0.2, -0.15) is 0 Å². The van der Waals surface area contributed by atoms with E-state index in [4.69, 9.17) is 4.74 Å². The lowest BCUT2D eigenvalue weighted by Crippen LogP contribution is -2.39. The van der Waals surface area contributed by atoms with E-state index >= 15 is 0 Å². The Labute approximate surface area is 257 Å². The number of nitrogens with one attached hydrogen (secondary N) is 2. The minimum absolute atomic E-state index is 0.0111. The molecular formula is C32H43FN6O5. The molecule has 0 bridgehead atoms. The number of pyridine rings is 2. The highest BCUT2D eigenvalue weighted by molar-refractivity contribution is 5.95. The van der Waals surface area contributed by atoms with Crippen LogP contribution in [0.3, 0.4) is 0 Å². The number of unbranched alkanes of at least 4 members (excludes halogenated alkanes) is 1. The van der Waals surface area contributed by atoms with E-state index < -0.39 is 23.7 Å². The van der Waals surface area contributed by atoms with Crippen molar-refractivity contribution in [1.82, 2.24) is 24.3 Å². The van der Waals surface area contributed by atoms with Crippen LogP contribution in [-0.2, 0) is 27.3 Å². The summed E-state index contributed by atoms with van der Waals surface area (Å²) in [5.74, 6) is -1.01. The Morgan fingerprint density at radius 2 is 1.98 bits per heavy atom. The van der Waals surface area contributed by atoms with Crippen LogP contribution in [0.4, 0.5) is 14.9 Å². The average Bonchev–Trinajstić information content (AvgIpc) is 3.39. The number of anilines is 1. The third-order valence-electron chi connectivity index (χ3n) is 6.98. The van der Waals surface area contributed by atoms with Gasteiger partial charge >= 0.3 is 6.09 Å². The number of halogens is 1. The van der Waals surface area contributed by atoms with E-state index in [2.05, 4.69) is 15.3 Å². The predicted molar refractivity (Wildman–Crippen MR) is 168 cm³/mol. The quantitative estimate of drug-likeness (QED) is 0.254. The van der Waals surface area contributed by atoms with Crippen molar-refractivity contribution >= 4 is 34.6 Å². The molecule has 3 aromatic heterocycles. The second-order valence-corrected chi connectivity index (χ2v) is 11.4. The van der Waals surface area contributed by atoms with Crippen LogP contribution < -0.4 is 10.9 Å². The van der Waals surface area contributed by atoms with Gasteiger partial charge in [-0.15, -0.1) is 0 Å². The summed E-state index contributed by atoms with van der Waals surface area (Å²) in [6.07, 6.45) is 6.53. The lowest BCUT2D eigenvalue weighted by molar-refractivity contribution is -0.125. The Balaban J connectivity index is 1.79. The lowest BCUT2D eigenvalue weighted by Gasteiger charge is -2.22. The van der Waals surface area contributed by atoms with E-state index in [0.717, 1.165) is 12.8 Å². The van der Waals surface area contributed by atoms with Gasteiger partial charge in [0.15, 0.2) is 6.10 Å². The highest BCUT2D eigenvalue weighted by Crippen LogP contribution is 2.23. The van der Waals surface area contributed by atoms with Crippen LogP contribution in [-0.4, -0.2) is 76.0 Å². The van der Waals surface area contributed by atoms with Gasteiger partial charge in [0, 0.05) is 45.1 Å². The molecule has 12 heteroatoms. The first kappa shape index (κ1) is 34.0. The van der Waals surface area contributed by atoms with Crippen molar-refractivity contribution < 1.29 is 23.5 Å². The molecule has 0 aliphatic heterocycles. The van der Waals surface area contributed by atoms with Gasteiger partial charge in [0.25, 0.3) is 11.5 Å². The van der Waals surface area contributed by atoms with Crippen molar-refractivity contribution in [2.45, 2.75) is 65.5 Å². The molecule has 0 saturated heterocycles. The predicted octanol–water partition coefficient (Wildman–Crippen LogP) is 4.71. The van der Waals surface area contributed by atoms with Crippen molar-refractivity contribution in [3.05, 3.63) is 70.2 Å². The molecule has 0 aliphatic carbocycles. The van der Waals surface area contributed by atoms with Crippen molar-refractivity contribution in [3.63, 3.8) is 0 Å². The molecule has 0 unspecified atom stereocenters. The summed E-state index contributed by atoms with van der Waals surface area (Å²) in [5, 5.41) is 2.62. The number of H-pyrrole nitrogens is 1. The molecule has 238 valence electrons. The van der Waals surface area contributed by atoms with Crippen LogP contribution in [0.25, 0.3) is 11.0 Å². The Kier molecular flexibility index (Phi) is 12.2. The number of hydrogen-bond donors (Lipinski definition) is 2. The molecule has 2 N–H and O–H groups in total. The van der Waals surface area contributed by atoms with Gasteiger partial charge < -0.3 is 29.4 Å². The maximum absolute atomic E-state index is 14.5. The standard InChI is InChI=1S/C32H43FN6O5/c1-7-8-15-38(6)32(43)44-27(13-9-10-14-28(40)37(4)5)30(41)36-25-12-11-16-39(31(25)42)20-22-18-26-29(35-22)23(17-21(2)3)24(33)19-34-26/h10-12,14,16,18-19,21,27,35H,7-9,13,15,17,20H2,1-6H3,(H,36,41)/b14-10+/t27-/m0/s1. The zero-order valence-electron chi connectivity index (χ0n) is 26.4. The highest BCUT2D eigenvalue weighted by atomic mass is 19.1. The molecule has 1 atom stereocenters. The number of carbonyl (C=O) groups is 3. The summed E-state index contributed by atoms with van der Waals surface area (Å²) < 4.78 is 21.5. The van der Waals surface area contributed by atoms with Crippen LogP contribution in [0, 0.1) is 11.7 Å². The maximum Gasteiger partial charge on any atom is 0.410 e.